The zero-order chi connectivity index (χ0) is 13.0. The van der Waals surface area contributed by atoms with Gasteiger partial charge in [-0.1, -0.05) is 0 Å². The van der Waals surface area contributed by atoms with Crippen molar-refractivity contribution in [1.82, 2.24) is 9.88 Å². The summed E-state index contributed by atoms with van der Waals surface area (Å²) in [6.45, 7) is 2.60. The molecule has 1 amide bonds. The molecule has 0 aromatic carbocycles. The Morgan fingerprint density at radius 2 is 2.24 bits per heavy atom. The van der Waals surface area contributed by atoms with E-state index in [-0.39, 0.29) is 17.5 Å². The minimum atomic E-state index is -0.600. The number of amides is 1. The van der Waals surface area contributed by atoms with Crippen LogP contribution in [0.3, 0.4) is 0 Å². The van der Waals surface area contributed by atoms with Crippen molar-refractivity contribution in [3.8, 4) is 5.88 Å². The van der Waals surface area contributed by atoms with Crippen LogP contribution in [0.1, 0.15) is 17.3 Å². The van der Waals surface area contributed by atoms with E-state index >= 15 is 0 Å². The lowest BCUT2D eigenvalue weighted by Gasteiger charge is -2.19. The molecule has 0 fully saturated rings. The van der Waals surface area contributed by atoms with Gasteiger partial charge in [0.2, 0.25) is 5.88 Å². The molecule has 0 saturated carbocycles. The minimum Gasteiger partial charge on any atom is -0.473 e. The second-order valence-corrected chi connectivity index (χ2v) is 4.18. The molecule has 4 N–H and O–H groups in total. The average Bonchev–Trinajstić information content (AvgIpc) is 2.19. The summed E-state index contributed by atoms with van der Waals surface area (Å²) in [6, 6.07) is 1.47. The van der Waals surface area contributed by atoms with Crippen LogP contribution in [0.5, 0.6) is 5.88 Å². The smallest absolute Gasteiger partial charge is 0.254 e. The van der Waals surface area contributed by atoms with Gasteiger partial charge in [0.25, 0.3) is 5.91 Å². The first-order valence-electron chi connectivity index (χ1n) is 5.27. The van der Waals surface area contributed by atoms with Gasteiger partial charge in [0.1, 0.15) is 11.7 Å². The van der Waals surface area contributed by atoms with E-state index < -0.39 is 5.91 Å². The van der Waals surface area contributed by atoms with Crippen molar-refractivity contribution < 1.29 is 9.53 Å². The Morgan fingerprint density at radius 3 is 2.76 bits per heavy atom. The molecule has 17 heavy (non-hydrogen) atoms. The first-order chi connectivity index (χ1) is 7.90. The Labute approximate surface area is 101 Å². The lowest BCUT2D eigenvalue weighted by atomic mass is 10.2. The number of rotatable bonds is 5. The Morgan fingerprint density at radius 1 is 1.59 bits per heavy atom. The standard InChI is InChI=1S/C11H18N4O2/c1-7(6-15(2)3)17-11-9(10(13)16)4-8(12)5-14-11/h4-5,7H,6,12H2,1-3H3,(H2,13,16). The van der Waals surface area contributed by atoms with Crippen LogP contribution in [0.25, 0.3) is 0 Å². The van der Waals surface area contributed by atoms with Crippen LogP contribution in [0, 0.1) is 0 Å². The summed E-state index contributed by atoms with van der Waals surface area (Å²) in [4.78, 5) is 17.2. The van der Waals surface area contributed by atoms with Crippen LogP contribution < -0.4 is 16.2 Å². The highest BCUT2D eigenvalue weighted by Gasteiger charge is 2.14. The van der Waals surface area contributed by atoms with Crippen molar-refractivity contribution in [2.24, 2.45) is 5.73 Å². The van der Waals surface area contributed by atoms with Crippen LogP contribution >= 0.6 is 0 Å². The maximum atomic E-state index is 11.2. The summed E-state index contributed by atoms with van der Waals surface area (Å²) >= 11 is 0. The first kappa shape index (κ1) is 13.2. The number of carbonyl (C=O) groups excluding carboxylic acids is 1. The van der Waals surface area contributed by atoms with Gasteiger partial charge in [-0.15, -0.1) is 0 Å². The monoisotopic (exact) mass is 238 g/mol. The fourth-order valence-electron chi connectivity index (χ4n) is 1.48. The van der Waals surface area contributed by atoms with Crippen molar-refractivity contribution >= 4 is 11.6 Å². The summed E-state index contributed by atoms with van der Waals surface area (Å²) in [5.74, 6) is -0.377. The Kier molecular flexibility index (Phi) is 4.28. The molecule has 0 bridgehead atoms. The average molecular weight is 238 g/mol. The highest BCUT2D eigenvalue weighted by Crippen LogP contribution is 2.18. The second-order valence-electron chi connectivity index (χ2n) is 4.18. The fourth-order valence-corrected chi connectivity index (χ4v) is 1.48. The third kappa shape index (κ3) is 3.92. The molecule has 1 aromatic rings. The van der Waals surface area contributed by atoms with Gasteiger partial charge >= 0.3 is 0 Å². The molecule has 6 nitrogen and oxygen atoms in total. The largest absolute Gasteiger partial charge is 0.473 e. The second kappa shape index (κ2) is 5.49. The number of hydrogen-bond donors (Lipinski definition) is 2. The molecule has 0 aliphatic heterocycles. The van der Waals surface area contributed by atoms with E-state index in [0.29, 0.717) is 12.2 Å². The zero-order valence-corrected chi connectivity index (χ0v) is 10.3. The third-order valence-corrected chi connectivity index (χ3v) is 2.07. The van der Waals surface area contributed by atoms with Gasteiger partial charge in [-0.05, 0) is 27.1 Å². The molecule has 6 heteroatoms. The number of pyridine rings is 1. The number of nitrogens with zero attached hydrogens (tertiary/aromatic N) is 2. The number of ether oxygens (including phenoxy) is 1. The van der Waals surface area contributed by atoms with Gasteiger partial charge in [0.15, 0.2) is 0 Å². The molecular formula is C11H18N4O2. The highest BCUT2D eigenvalue weighted by molar-refractivity contribution is 5.95. The van der Waals surface area contributed by atoms with Crippen molar-refractivity contribution in [1.29, 1.82) is 0 Å². The van der Waals surface area contributed by atoms with E-state index in [1.807, 2.05) is 25.9 Å². The van der Waals surface area contributed by atoms with Gasteiger partial charge in [-0.3, -0.25) is 4.79 Å². The third-order valence-electron chi connectivity index (χ3n) is 2.07. The quantitative estimate of drug-likeness (QED) is 0.758. The molecule has 0 aliphatic carbocycles. The normalized spacial score (nSPS) is 12.5. The van der Waals surface area contributed by atoms with Crippen molar-refractivity contribution in [3.63, 3.8) is 0 Å². The molecule has 1 heterocycles. The molecule has 94 valence electrons. The topological polar surface area (TPSA) is 94.5 Å². The molecule has 0 aliphatic rings. The van der Waals surface area contributed by atoms with Gasteiger partial charge in [0.05, 0.1) is 11.9 Å². The molecular weight excluding hydrogens is 220 g/mol. The summed E-state index contributed by atoms with van der Waals surface area (Å²) in [7, 11) is 3.87. The lowest BCUT2D eigenvalue weighted by Crippen LogP contribution is -2.29. The number of nitrogen functional groups attached to an aromatic ring is 1. The van der Waals surface area contributed by atoms with E-state index in [1.54, 1.807) is 0 Å². The highest BCUT2D eigenvalue weighted by atomic mass is 16.5. The summed E-state index contributed by atoms with van der Waals surface area (Å²) in [6.07, 6.45) is 1.34. The van der Waals surface area contributed by atoms with Crippen LogP contribution in [0.4, 0.5) is 5.69 Å². The maximum absolute atomic E-state index is 11.2. The van der Waals surface area contributed by atoms with Crippen LogP contribution in [-0.2, 0) is 0 Å². The summed E-state index contributed by atoms with van der Waals surface area (Å²) in [5, 5.41) is 0. The van der Waals surface area contributed by atoms with Gasteiger partial charge in [-0.2, -0.15) is 0 Å². The lowest BCUT2D eigenvalue weighted by molar-refractivity contribution is 0.0990. The van der Waals surface area contributed by atoms with Gasteiger partial charge < -0.3 is 21.1 Å². The zero-order valence-electron chi connectivity index (χ0n) is 10.3. The first-order valence-corrected chi connectivity index (χ1v) is 5.27. The number of aromatic nitrogens is 1. The number of nitrogens with two attached hydrogens (primary N) is 2. The Hall–Kier alpha value is -1.82. The molecule has 0 radical (unpaired) electrons. The minimum absolute atomic E-state index is 0.0979. The van der Waals surface area contributed by atoms with Crippen LogP contribution in [0.15, 0.2) is 12.3 Å². The maximum Gasteiger partial charge on any atom is 0.254 e. The predicted octanol–water partition coefficient (Wildman–Crippen LogP) is 0.0916. The SMILES string of the molecule is CC(CN(C)C)Oc1ncc(N)cc1C(N)=O. The number of primary amides is 1. The van der Waals surface area contributed by atoms with Crippen molar-refractivity contribution in [2.45, 2.75) is 13.0 Å². The van der Waals surface area contributed by atoms with E-state index in [2.05, 4.69) is 4.98 Å². The Bertz CT molecular complexity index is 406. The fraction of sp³-hybridized carbons (Fsp3) is 0.455. The predicted molar refractivity (Wildman–Crippen MR) is 65.8 cm³/mol. The number of carbonyl (C=O) groups is 1. The number of hydrogen-bond acceptors (Lipinski definition) is 5. The number of anilines is 1. The van der Waals surface area contributed by atoms with Crippen molar-refractivity contribution in [3.05, 3.63) is 17.8 Å². The molecule has 1 aromatic heterocycles. The van der Waals surface area contributed by atoms with E-state index in [9.17, 15) is 4.79 Å². The van der Waals surface area contributed by atoms with E-state index in [4.69, 9.17) is 16.2 Å². The van der Waals surface area contributed by atoms with Crippen LogP contribution in [-0.4, -0.2) is 42.5 Å². The molecule has 0 spiro atoms. The molecule has 0 saturated heterocycles. The van der Waals surface area contributed by atoms with Crippen LogP contribution in [0.2, 0.25) is 0 Å². The van der Waals surface area contributed by atoms with Gasteiger partial charge in [0, 0.05) is 6.54 Å². The van der Waals surface area contributed by atoms with E-state index in [1.165, 1.54) is 12.3 Å². The van der Waals surface area contributed by atoms with Gasteiger partial charge in [-0.25, -0.2) is 4.98 Å². The van der Waals surface area contributed by atoms with E-state index in [0.717, 1.165) is 0 Å². The molecule has 1 atom stereocenters. The Balaban J connectivity index is 2.86. The summed E-state index contributed by atoms with van der Waals surface area (Å²) < 4.78 is 5.56. The number of likely N-dealkylation sites (N-methyl/N-ethyl adjacent to an activating group) is 1. The molecule has 1 unspecified atom stereocenters. The van der Waals surface area contributed by atoms with Crippen molar-refractivity contribution in [2.75, 3.05) is 26.4 Å². The molecule has 1 rings (SSSR count). The summed E-state index contributed by atoms with van der Waals surface area (Å²) in [5.41, 5.74) is 11.4.